The summed E-state index contributed by atoms with van der Waals surface area (Å²) in [6, 6.07) is 10.3. The predicted octanol–water partition coefficient (Wildman–Crippen LogP) is 4.01. The minimum absolute atomic E-state index is 0. The number of ether oxygens (including phenoxy) is 1. The molecule has 1 atom stereocenters. The van der Waals surface area contributed by atoms with Crippen LogP contribution in [0, 0.1) is 5.41 Å². The highest BCUT2D eigenvalue weighted by Gasteiger charge is 2.42. The lowest BCUT2D eigenvalue weighted by atomic mass is 9.87. The van der Waals surface area contributed by atoms with E-state index in [0.717, 1.165) is 49.5 Å². The summed E-state index contributed by atoms with van der Waals surface area (Å²) in [4.78, 5) is 12.0. The zero-order valence-corrected chi connectivity index (χ0v) is 18.8. The smallest absolute Gasteiger partial charge is 0.194 e. The molecule has 1 unspecified atom stereocenters. The molecule has 1 aromatic heterocycles. The fourth-order valence-electron chi connectivity index (χ4n) is 3.76. The van der Waals surface area contributed by atoms with E-state index in [0.29, 0.717) is 12.0 Å². The van der Waals surface area contributed by atoms with Crippen LogP contribution < -0.4 is 5.32 Å². The first kappa shape index (κ1) is 20.5. The Bertz CT molecular complexity index is 758. The normalized spacial score (nSPS) is 22.3. The summed E-state index contributed by atoms with van der Waals surface area (Å²) in [5.41, 5.74) is 2.54. The number of halogens is 1. The number of aromatic nitrogens is 1. The lowest BCUT2D eigenvalue weighted by molar-refractivity contribution is 0.156. The van der Waals surface area contributed by atoms with Crippen molar-refractivity contribution in [2.24, 2.45) is 10.4 Å². The SMILES string of the molecule is CCNC(=NCc1csc(-c2ccccc2)n1)N1CCC2(CCOC2)C1.I. The van der Waals surface area contributed by atoms with Gasteiger partial charge in [-0.15, -0.1) is 35.3 Å². The van der Waals surface area contributed by atoms with E-state index in [9.17, 15) is 0 Å². The van der Waals surface area contributed by atoms with Gasteiger partial charge in [0, 0.05) is 42.6 Å². The second-order valence-corrected chi connectivity index (χ2v) is 8.01. The highest BCUT2D eigenvalue weighted by Crippen LogP contribution is 2.38. The molecule has 4 rings (SSSR count). The Hall–Kier alpha value is -1.19. The van der Waals surface area contributed by atoms with Gasteiger partial charge < -0.3 is 15.0 Å². The number of hydrogen-bond donors (Lipinski definition) is 1. The lowest BCUT2D eigenvalue weighted by Crippen LogP contribution is -2.41. The Morgan fingerprint density at radius 3 is 2.93 bits per heavy atom. The largest absolute Gasteiger partial charge is 0.381 e. The van der Waals surface area contributed by atoms with Crippen LogP contribution in [0.15, 0.2) is 40.7 Å². The molecule has 0 bridgehead atoms. The van der Waals surface area contributed by atoms with E-state index in [1.54, 1.807) is 11.3 Å². The summed E-state index contributed by atoms with van der Waals surface area (Å²) in [7, 11) is 0. The van der Waals surface area contributed by atoms with Gasteiger partial charge in [0.15, 0.2) is 5.96 Å². The summed E-state index contributed by atoms with van der Waals surface area (Å²) in [6.07, 6.45) is 2.38. The lowest BCUT2D eigenvalue weighted by Gasteiger charge is -2.24. The molecule has 3 heterocycles. The zero-order chi connectivity index (χ0) is 17.8. The standard InChI is InChI=1S/C20H26N4OS.HI/c1-2-21-19(24-10-8-20(14-24)9-11-25-15-20)22-12-17-13-26-18(23-17)16-6-4-3-5-7-16;/h3-7,13H,2,8-12,14-15H2,1H3,(H,21,22);1H. The van der Waals surface area contributed by atoms with Crippen LogP contribution in [0.25, 0.3) is 10.6 Å². The molecule has 2 aromatic rings. The molecule has 2 aliphatic heterocycles. The summed E-state index contributed by atoms with van der Waals surface area (Å²) >= 11 is 1.68. The summed E-state index contributed by atoms with van der Waals surface area (Å²) in [6.45, 7) is 7.53. The van der Waals surface area contributed by atoms with Gasteiger partial charge in [-0.2, -0.15) is 0 Å². The van der Waals surface area contributed by atoms with Gasteiger partial charge in [-0.05, 0) is 19.8 Å². The number of benzene rings is 1. The number of aliphatic imine (C=N–C) groups is 1. The van der Waals surface area contributed by atoms with Gasteiger partial charge in [0.2, 0.25) is 0 Å². The molecular weight excluding hydrogens is 471 g/mol. The number of likely N-dealkylation sites (tertiary alicyclic amines) is 1. The Morgan fingerprint density at radius 2 is 2.19 bits per heavy atom. The minimum atomic E-state index is 0. The minimum Gasteiger partial charge on any atom is -0.381 e. The first-order chi connectivity index (χ1) is 12.8. The summed E-state index contributed by atoms with van der Waals surface area (Å²) < 4.78 is 5.65. The fraction of sp³-hybridized carbons (Fsp3) is 0.500. The van der Waals surface area contributed by atoms with Crippen molar-refractivity contribution in [3.05, 3.63) is 41.4 Å². The molecular formula is C20H27IN4OS. The third-order valence-corrected chi connectivity index (χ3v) is 6.16. The molecule has 1 N–H and O–H groups in total. The van der Waals surface area contributed by atoms with Crippen molar-refractivity contribution in [1.29, 1.82) is 0 Å². The van der Waals surface area contributed by atoms with Gasteiger partial charge in [0.05, 0.1) is 18.8 Å². The maximum atomic E-state index is 5.65. The second-order valence-electron chi connectivity index (χ2n) is 7.15. The monoisotopic (exact) mass is 498 g/mol. The number of rotatable bonds is 4. The topological polar surface area (TPSA) is 49.8 Å². The molecule has 2 fully saturated rings. The third kappa shape index (κ3) is 4.81. The molecule has 2 aliphatic rings. The quantitative estimate of drug-likeness (QED) is 0.394. The first-order valence-corrected chi connectivity index (χ1v) is 10.3. The van der Waals surface area contributed by atoms with Crippen molar-refractivity contribution in [1.82, 2.24) is 15.2 Å². The molecule has 1 aromatic carbocycles. The number of thiazole rings is 1. The van der Waals surface area contributed by atoms with E-state index in [1.807, 2.05) is 18.2 Å². The van der Waals surface area contributed by atoms with Crippen molar-refractivity contribution in [2.45, 2.75) is 26.3 Å². The fourth-order valence-corrected chi connectivity index (χ4v) is 4.58. The van der Waals surface area contributed by atoms with E-state index in [-0.39, 0.29) is 24.0 Å². The zero-order valence-electron chi connectivity index (χ0n) is 15.7. The highest BCUT2D eigenvalue weighted by molar-refractivity contribution is 14.0. The van der Waals surface area contributed by atoms with Crippen molar-refractivity contribution >= 4 is 41.3 Å². The van der Waals surface area contributed by atoms with Gasteiger partial charge in [-0.25, -0.2) is 9.98 Å². The van der Waals surface area contributed by atoms with Crippen LogP contribution in [0.4, 0.5) is 0 Å². The maximum Gasteiger partial charge on any atom is 0.194 e. The predicted molar refractivity (Wildman–Crippen MR) is 122 cm³/mol. The van der Waals surface area contributed by atoms with Crippen molar-refractivity contribution < 1.29 is 4.74 Å². The van der Waals surface area contributed by atoms with Gasteiger partial charge >= 0.3 is 0 Å². The molecule has 0 aliphatic carbocycles. The molecule has 1 spiro atoms. The van der Waals surface area contributed by atoms with E-state index in [1.165, 1.54) is 18.4 Å². The first-order valence-electron chi connectivity index (χ1n) is 9.39. The van der Waals surface area contributed by atoms with Gasteiger partial charge in [0.25, 0.3) is 0 Å². The van der Waals surface area contributed by atoms with Crippen LogP contribution in [0.3, 0.4) is 0 Å². The summed E-state index contributed by atoms with van der Waals surface area (Å²) in [5, 5.41) is 6.63. The summed E-state index contributed by atoms with van der Waals surface area (Å²) in [5.74, 6) is 1.01. The van der Waals surface area contributed by atoms with E-state index < -0.39 is 0 Å². The van der Waals surface area contributed by atoms with E-state index >= 15 is 0 Å². The van der Waals surface area contributed by atoms with Crippen molar-refractivity contribution in [3.8, 4) is 10.6 Å². The third-order valence-electron chi connectivity index (χ3n) is 5.22. The second kappa shape index (κ2) is 9.34. The molecule has 2 saturated heterocycles. The molecule has 146 valence electrons. The maximum absolute atomic E-state index is 5.65. The van der Waals surface area contributed by atoms with Crippen LogP contribution in [0.5, 0.6) is 0 Å². The van der Waals surface area contributed by atoms with E-state index in [4.69, 9.17) is 14.7 Å². The highest BCUT2D eigenvalue weighted by atomic mass is 127. The number of nitrogens with one attached hydrogen (secondary N) is 1. The van der Waals surface area contributed by atoms with Crippen LogP contribution in [-0.2, 0) is 11.3 Å². The van der Waals surface area contributed by atoms with Gasteiger partial charge in [-0.1, -0.05) is 30.3 Å². The van der Waals surface area contributed by atoms with Crippen LogP contribution >= 0.6 is 35.3 Å². The van der Waals surface area contributed by atoms with Crippen LogP contribution in [-0.4, -0.2) is 48.7 Å². The Kier molecular flexibility index (Phi) is 7.10. The van der Waals surface area contributed by atoms with E-state index in [2.05, 4.69) is 34.7 Å². The van der Waals surface area contributed by atoms with Crippen molar-refractivity contribution in [3.63, 3.8) is 0 Å². The average Bonchev–Trinajstić information content (AvgIpc) is 3.42. The van der Waals surface area contributed by atoms with Crippen molar-refractivity contribution in [2.75, 3.05) is 32.8 Å². The molecule has 7 heteroatoms. The number of nitrogens with zero attached hydrogens (tertiary/aromatic N) is 3. The van der Waals surface area contributed by atoms with Gasteiger partial charge in [-0.3, -0.25) is 0 Å². The molecule has 27 heavy (non-hydrogen) atoms. The van der Waals surface area contributed by atoms with Crippen LogP contribution in [0.1, 0.15) is 25.5 Å². The Balaban J connectivity index is 0.00000210. The molecule has 0 amide bonds. The average molecular weight is 498 g/mol. The van der Waals surface area contributed by atoms with Crippen LogP contribution in [0.2, 0.25) is 0 Å². The molecule has 0 radical (unpaired) electrons. The molecule has 5 nitrogen and oxygen atoms in total. The number of hydrogen-bond acceptors (Lipinski definition) is 4. The Morgan fingerprint density at radius 1 is 1.33 bits per heavy atom. The molecule has 0 saturated carbocycles. The Labute approximate surface area is 182 Å². The van der Waals surface area contributed by atoms with Gasteiger partial charge in [0.1, 0.15) is 5.01 Å². The number of guanidine groups is 1.